The van der Waals surface area contributed by atoms with Gasteiger partial charge in [0.1, 0.15) is 0 Å². The van der Waals surface area contributed by atoms with Gasteiger partial charge in [-0.05, 0) is 18.6 Å². The fourth-order valence-electron chi connectivity index (χ4n) is 1.49. The molecule has 0 aromatic heterocycles. The molecular formula is C13H19NO. The lowest BCUT2D eigenvalue weighted by Crippen LogP contribution is -2.25. The van der Waals surface area contributed by atoms with E-state index in [1.54, 1.807) is 4.90 Å². The molecule has 0 radical (unpaired) electrons. The standard InChI is InChI=1S/C13H19NO/c1-3-4-6-11-13(15)14(2)12-9-7-5-8-10-12/h5,7-10H,3-4,6,11H2,1-2H3. The van der Waals surface area contributed by atoms with E-state index in [-0.39, 0.29) is 5.91 Å². The van der Waals surface area contributed by atoms with E-state index >= 15 is 0 Å². The van der Waals surface area contributed by atoms with Crippen molar-refractivity contribution in [1.29, 1.82) is 0 Å². The minimum atomic E-state index is 0.203. The fourth-order valence-corrected chi connectivity index (χ4v) is 1.49. The molecule has 1 aromatic carbocycles. The lowest BCUT2D eigenvalue weighted by molar-refractivity contribution is -0.118. The van der Waals surface area contributed by atoms with E-state index in [1.807, 2.05) is 37.4 Å². The highest BCUT2D eigenvalue weighted by Gasteiger charge is 2.08. The van der Waals surface area contributed by atoms with Crippen LogP contribution in [0.2, 0.25) is 0 Å². The van der Waals surface area contributed by atoms with Crippen molar-refractivity contribution in [2.75, 3.05) is 11.9 Å². The third-order valence-corrected chi connectivity index (χ3v) is 2.51. The first-order valence-electron chi connectivity index (χ1n) is 5.57. The second-order valence-corrected chi connectivity index (χ2v) is 3.75. The molecule has 15 heavy (non-hydrogen) atoms. The first-order valence-corrected chi connectivity index (χ1v) is 5.57. The van der Waals surface area contributed by atoms with Crippen LogP contribution in [0.5, 0.6) is 0 Å². The number of anilines is 1. The average Bonchev–Trinajstić information content (AvgIpc) is 2.29. The maximum atomic E-state index is 11.7. The fraction of sp³-hybridized carbons (Fsp3) is 0.462. The number of carbonyl (C=O) groups is 1. The highest BCUT2D eigenvalue weighted by atomic mass is 16.2. The Kier molecular flexibility index (Phi) is 4.88. The minimum Gasteiger partial charge on any atom is -0.316 e. The van der Waals surface area contributed by atoms with Crippen molar-refractivity contribution in [2.24, 2.45) is 0 Å². The Balaban J connectivity index is 2.46. The molecule has 0 saturated carbocycles. The summed E-state index contributed by atoms with van der Waals surface area (Å²) in [5, 5.41) is 0. The van der Waals surface area contributed by atoms with Crippen LogP contribution < -0.4 is 4.90 Å². The lowest BCUT2D eigenvalue weighted by atomic mass is 10.2. The molecule has 1 aromatic rings. The lowest BCUT2D eigenvalue weighted by Gasteiger charge is -2.16. The molecular weight excluding hydrogens is 186 g/mol. The Labute approximate surface area is 91.9 Å². The minimum absolute atomic E-state index is 0.203. The smallest absolute Gasteiger partial charge is 0.226 e. The van der Waals surface area contributed by atoms with E-state index in [4.69, 9.17) is 0 Å². The van der Waals surface area contributed by atoms with Gasteiger partial charge in [-0.3, -0.25) is 4.79 Å². The quantitative estimate of drug-likeness (QED) is 0.676. The Bertz CT molecular complexity index is 295. The molecule has 0 aliphatic heterocycles. The molecule has 0 saturated heterocycles. The van der Waals surface area contributed by atoms with Crippen molar-refractivity contribution in [2.45, 2.75) is 32.6 Å². The number of para-hydroxylation sites is 1. The summed E-state index contributed by atoms with van der Waals surface area (Å²) in [6.07, 6.45) is 3.93. The first-order chi connectivity index (χ1) is 7.25. The summed E-state index contributed by atoms with van der Waals surface area (Å²) < 4.78 is 0. The van der Waals surface area contributed by atoms with Crippen molar-refractivity contribution in [3.05, 3.63) is 30.3 Å². The summed E-state index contributed by atoms with van der Waals surface area (Å²) in [6, 6.07) is 9.77. The van der Waals surface area contributed by atoms with E-state index in [1.165, 1.54) is 0 Å². The summed E-state index contributed by atoms with van der Waals surface area (Å²) in [5.74, 6) is 0.203. The average molecular weight is 205 g/mol. The Morgan fingerprint density at radius 1 is 1.20 bits per heavy atom. The molecule has 0 N–H and O–H groups in total. The van der Waals surface area contributed by atoms with Crippen LogP contribution in [-0.2, 0) is 4.79 Å². The van der Waals surface area contributed by atoms with Crippen LogP contribution in [0.15, 0.2) is 30.3 Å². The summed E-state index contributed by atoms with van der Waals surface area (Å²) >= 11 is 0. The zero-order valence-electron chi connectivity index (χ0n) is 9.57. The third-order valence-electron chi connectivity index (χ3n) is 2.51. The van der Waals surface area contributed by atoms with E-state index < -0.39 is 0 Å². The second kappa shape index (κ2) is 6.23. The topological polar surface area (TPSA) is 20.3 Å². The molecule has 0 bridgehead atoms. The van der Waals surface area contributed by atoms with Crippen molar-refractivity contribution < 1.29 is 4.79 Å². The second-order valence-electron chi connectivity index (χ2n) is 3.75. The van der Waals surface area contributed by atoms with Gasteiger partial charge in [0.15, 0.2) is 0 Å². The predicted molar refractivity (Wildman–Crippen MR) is 64.0 cm³/mol. The van der Waals surface area contributed by atoms with Gasteiger partial charge < -0.3 is 4.90 Å². The maximum Gasteiger partial charge on any atom is 0.226 e. The molecule has 82 valence electrons. The maximum absolute atomic E-state index is 11.7. The van der Waals surface area contributed by atoms with Crippen LogP contribution >= 0.6 is 0 Å². The van der Waals surface area contributed by atoms with Gasteiger partial charge in [-0.15, -0.1) is 0 Å². The van der Waals surface area contributed by atoms with Crippen LogP contribution in [0, 0.1) is 0 Å². The van der Waals surface area contributed by atoms with Crippen molar-refractivity contribution >= 4 is 11.6 Å². The van der Waals surface area contributed by atoms with Crippen molar-refractivity contribution in [1.82, 2.24) is 0 Å². The van der Waals surface area contributed by atoms with Crippen molar-refractivity contribution in [3.8, 4) is 0 Å². The zero-order chi connectivity index (χ0) is 11.1. The molecule has 0 aliphatic rings. The summed E-state index contributed by atoms with van der Waals surface area (Å²) in [5.41, 5.74) is 0.971. The molecule has 0 atom stereocenters. The van der Waals surface area contributed by atoms with Gasteiger partial charge in [0.2, 0.25) is 5.91 Å². The van der Waals surface area contributed by atoms with Crippen LogP contribution in [-0.4, -0.2) is 13.0 Å². The molecule has 2 nitrogen and oxygen atoms in total. The Morgan fingerprint density at radius 2 is 1.87 bits per heavy atom. The number of amides is 1. The van der Waals surface area contributed by atoms with E-state index in [2.05, 4.69) is 6.92 Å². The number of benzene rings is 1. The number of hydrogen-bond acceptors (Lipinski definition) is 1. The molecule has 1 amide bonds. The molecule has 0 spiro atoms. The van der Waals surface area contributed by atoms with Crippen LogP contribution in [0.1, 0.15) is 32.6 Å². The monoisotopic (exact) mass is 205 g/mol. The number of unbranched alkanes of at least 4 members (excludes halogenated alkanes) is 2. The largest absolute Gasteiger partial charge is 0.316 e. The SMILES string of the molecule is CCCCCC(=O)N(C)c1ccccc1. The van der Waals surface area contributed by atoms with Crippen LogP contribution in [0.3, 0.4) is 0 Å². The van der Waals surface area contributed by atoms with Gasteiger partial charge in [0.05, 0.1) is 0 Å². The zero-order valence-corrected chi connectivity index (χ0v) is 9.57. The van der Waals surface area contributed by atoms with Gasteiger partial charge in [-0.25, -0.2) is 0 Å². The van der Waals surface area contributed by atoms with Gasteiger partial charge in [-0.2, -0.15) is 0 Å². The molecule has 0 fully saturated rings. The van der Waals surface area contributed by atoms with Gasteiger partial charge >= 0.3 is 0 Å². The molecule has 0 heterocycles. The third kappa shape index (κ3) is 3.74. The molecule has 1 rings (SSSR count). The van der Waals surface area contributed by atoms with E-state index in [9.17, 15) is 4.79 Å². The Hall–Kier alpha value is -1.31. The summed E-state index contributed by atoms with van der Waals surface area (Å²) in [6.45, 7) is 2.14. The van der Waals surface area contributed by atoms with Crippen LogP contribution in [0.4, 0.5) is 5.69 Å². The Morgan fingerprint density at radius 3 is 2.47 bits per heavy atom. The molecule has 0 aliphatic carbocycles. The number of nitrogens with zero attached hydrogens (tertiary/aromatic N) is 1. The summed E-state index contributed by atoms with van der Waals surface area (Å²) in [7, 11) is 1.84. The number of hydrogen-bond donors (Lipinski definition) is 0. The predicted octanol–water partition coefficient (Wildman–Crippen LogP) is 3.23. The van der Waals surface area contributed by atoms with E-state index in [0.717, 1.165) is 24.9 Å². The van der Waals surface area contributed by atoms with E-state index in [0.29, 0.717) is 6.42 Å². The van der Waals surface area contributed by atoms with Crippen molar-refractivity contribution in [3.63, 3.8) is 0 Å². The van der Waals surface area contributed by atoms with Gasteiger partial charge in [0, 0.05) is 19.2 Å². The highest BCUT2D eigenvalue weighted by molar-refractivity contribution is 5.92. The van der Waals surface area contributed by atoms with Crippen LogP contribution in [0.25, 0.3) is 0 Å². The first kappa shape index (κ1) is 11.8. The normalized spacial score (nSPS) is 10.0. The van der Waals surface area contributed by atoms with Gasteiger partial charge in [-0.1, -0.05) is 38.0 Å². The van der Waals surface area contributed by atoms with Gasteiger partial charge in [0.25, 0.3) is 0 Å². The molecule has 0 unspecified atom stereocenters. The number of carbonyl (C=O) groups excluding carboxylic acids is 1. The number of rotatable bonds is 5. The highest BCUT2D eigenvalue weighted by Crippen LogP contribution is 2.13. The summed E-state index contributed by atoms with van der Waals surface area (Å²) in [4.78, 5) is 13.5. The molecule has 2 heteroatoms.